The Balaban J connectivity index is 1.88. The molecule has 0 saturated heterocycles. The molecule has 36 heavy (non-hydrogen) atoms. The number of thiazole rings is 1. The van der Waals surface area contributed by atoms with Crippen LogP contribution in [0.25, 0.3) is 10.2 Å². The molecule has 0 aliphatic carbocycles. The Hall–Kier alpha value is -3.07. The summed E-state index contributed by atoms with van der Waals surface area (Å²) in [5, 5.41) is 12.5. The van der Waals surface area contributed by atoms with E-state index in [9.17, 15) is 0 Å². The number of benzene rings is 3. The van der Waals surface area contributed by atoms with Crippen molar-refractivity contribution in [3.63, 3.8) is 0 Å². The molecule has 1 unspecified atom stereocenters. The molecule has 0 saturated carbocycles. The number of hydrogen-bond donors (Lipinski definition) is 3. The minimum atomic E-state index is -0.713. The van der Waals surface area contributed by atoms with E-state index in [4.69, 9.17) is 48.8 Å². The van der Waals surface area contributed by atoms with E-state index in [1.165, 1.54) is 11.3 Å². The molecular formula is C26H25Cl2FN4O2S. The molecule has 0 aliphatic rings. The number of aromatic nitrogens is 1. The molecule has 0 amide bonds. The van der Waals surface area contributed by atoms with Crippen LogP contribution in [0.1, 0.15) is 42.9 Å². The van der Waals surface area contributed by atoms with Gasteiger partial charge in [-0.2, -0.15) is 0 Å². The quantitative estimate of drug-likeness (QED) is 0.150. The zero-order chi connectivity index (χ0) is 26.0. The molecule has 188 valence electrons. The van der Waals surface area contributed by atoms with Crippen LogP contribution < -0.4 is 20.5 Å². The van der Waals surface area contributed by atoms with Crippen LogP contribution >= 0.6 is 34.5 Å². The minimum absolute atomic E-state index is 0.0401. The largest absolute Gasteiger partial charge is 0.494 e. The molecule has 1 aromatic heterocycles. The maximum atomic E-state index is 15.9. The van der Waals surface area contributed by atoms with Crippen molar-refractivity contribution in [2.24, 2.45) is 5.73 Å². The van der Waals surface area contributed by atoms with Crippen LogP contribution in [-0.4, -0.2) is 23.5 Å². The highest BCUT2D eigenvalue weighted by Crippen LogP contribution is 2.40. The van der Waals surface area contributed by atoms with E-state index in [0.29, 0.717) is 49.7 Å². The number of ether oxygens (including phenoxy) is 2. The zero-order valence-electron chi connectivity index (χ0n) is 19.9. The summed E-state index contributed by atoms with van der Waals surface area (Å²) in [7, 11) is 0. The van der Waals surface area contributed by atoms with Crippen LogP contribution in [0.15, 0.2) is 48.5 Å². The lowest BCUT2D eigenvalue weighted by molar-refractivity contribution is 0.228. The van der Waals surface area contributed by atoms with Crippen molar-refractivity contribution >= 4 is 56.3 Å². The highest BCUT2D eigenvalue weighted by atomic mass is 35.5. The molecule has 1 atom stereocenters. The third kappa shape index (κ3) is 5.67. The predicted octanol–water partition coefficient (Wildman–Crippen LogP) is 7.41. The SMILES string of the molecule is CCOc1cc(OC(C)C)c(F)c(C(Nc2ccc(C(=N)N)cc2)c2nc3c(Cl)cc(Cl)cc3s2)c1. The summed E-state index contributed by atoms with van der Waals surface area (Å²) in [6, 6.07) is 12.9. The number of rotatable bonds is 9. The van der Waals surface area contributed by atoms with Crippen molar-refractivity contribution in [2.75, 3.05) is 11.9 Å². The second kappa shape index (κ2) is 10.9. The standard InChI is InChI=1S/C26H25Cl2FN4O2S/c1-4-34-17-11-18(22(29)20(12-17)35-13(2)3)23(32-16-7-5-14(6-8-16)25(30)31)26-33-24-19(28)9-15(27)10-21(24)36-26/h5-13,23,32H,4H2,1-3H3,(H3,30,31). The Bertz CT molecular complexity index is 1410. The molecule has 3 aromatic carbocycles. The van der Waals surface area contributed by atoms with Gasteiger partial charge in [-0.15, -0.1) is 11.3 Å². The number of halogens is 3. The first-order valence-electron chi connectivity index (χ1n) is 11.3. The summed E-state index contributed by atoms with van der Waals surface area (Å²) in [5.74, 6) is 0.00690. The number of anilines is 1. The van der Waals surface area contributed by atoms with Gasteiger partial charge in [-0.1, -0.05) is 23.2 Å². The van der Waals surface area contributed by atoms with Crippen molar-refractivity contribution < 1.29 is 13.9 Å². The fraction of sp³-hybridized carbons (Fsp3) is 0.231. The van der Waals surface area contributed by atoms with E-state index in [1.54, 1.807) is 48.5 Å². The van der Waals surface area contributed by atoms with Gasteiger partial charge >= 0.3 is 0 Å². The van der Waals surface area contributed by atoms with E-state index in [0.717, 1.165) is 4.70 Å². The fourth-order valence-electron chi connectivity index (χ4n) is 3.68. The smallest absolute Gasteiger partial charge is 0.171 e. The van der Waals surface area contributed by atoms with Gasteiger partial charge in [0.15, 0.2) is 11.6 Å². The Kier molecular flexibility index (Phi) is 7.88. The summed E-state index contributed by atoms with van der Waals surface area (Å²) >= 11 is 14.0. The van der Waals surface area contributed by atoms with Gasteiger partial charge in [0, 0.05) is 27.9 Å². The molecule has 0 radical (unpaired) electrons. The van der Waals surface area contributed by atoms with Crippen LogP contribution in [0, 0.1) is 11.2 Å². The summed E-state index contributed by atoms with van der Waals surface area (Å²) in [6.07, 6.45) is -0.238. The monoisotopic (exact) mass is 546 g/mol. The van der Waals surface area contributed by atoms with E-state index < -0.39 is 11.9 Å². The number of amidine groups is 1. The lowest BCUT2D eigenvalue weighted by Gasteiger charge is -2.22. The maximum Gasteiger partial charge on any atom is 0.171 e. The Labute approximate surface area is 222 Å². The van der Waals surface area contributed by atoms with Crippen molar-refractivity contribution in [2.45, 2.75) is 32.9 Å². The number of nitrogen functional groups attached to an aromatic ring is 1. The second-order valence-corrected chi connectivity index (χ2v) is 10.2. The van der Waals surface area contributed by atoms with Gasteiger partial charge < -0.3 is 20.5 Å². The summed E-state index contributed by atoms with van der Waals surface area (Å²) in [6.45, 7) is 5.93. The van der Waals surface area contributed by atoms with Crippen LogP contribution in [0.2, 0.25) is 10.0 Å². The van der Waals surface area contributed by atoms with Crippen LogP contribution in [0.5, 0.6) is 11.5 Å². The molecule has 0 aliphatic heterocycles. The van der Waals surface area contributed by atoms with Gasteiger partial charge in [-0.25, -0.2) is 9.37 Å². The van der Waals surface area contributed by atoms with Gasteiger partial charge in [0.1, 0.15) is 28.2 Å². The Morgan fingerprint density at radius 1 is 1.17 bits per heavy atom. The second-order valence-electron chi connectivity index (χ2n) is 8.28. The molecule has 4 N–H and O–H groups in total. The van der Waals surface area contributed by atoms with Gasteiger partial charge in [-0.05, 0) is 63.2 Å². The van der Waals surface area contributed by atoms with E-state index in [-0.39, 0.29) is 17.7 Å². The highest BCUT2D eigenvalue weighted by Gasteiger charge is 2.26. The topological polar surface area (TPSA) is 93.2 Å². The first-order chi connectivity index (χ1) is 17.2. The third-order valence-electron chi connectivity index (χ3n) is 5.21. The molecule has 4 aromatic rings. The van der Waals surface area contributed by atoms with Crippen molar-refractivity contribution in [1.29, 1.82) is 5.41 Å². The third-order valence-corrected chi connectivity index (χ3v) is 6.78. The van der Waals surface area contributed by atoms with Crippen LogP contribution in [0.4, 0.5) is 10.1 Å². The number of hydrogen-bond acceptors (Lipinski definition) is 6. The van der Waals surface area contributed by atoms with E-state index in [1.807, 2.05) is 20.8 Å². The molecule has 1 heterocycles. The minimum Gasteiger partial charge on any atom is -0.494 e. The van der Waals surface area contributed by atoms with E-state index >= 15 is 4.39 Å². The lowest BCUT2D eigenvalue weighted by Crippen LogP contribution is -2.16. The van der Waals surface area contributed by atoms with Crippen LogP contribution in [0.3, 0.4) is 0 Å². The van der Waals surface area contributed by atoms with Gasteiger partial charge in [0.25, 0.3) is 0 Å². The highest BCUT2D eigenvalue weighted by molar-refractivity contribution is 7.18. The Morgan fingerprint density at radius 3 is 2.53 bits per heavy atom. The van der Waals surface area contributed by atoms with Crippen molar-refractivity contribution in [3.8, 4) is 11.5 Å². The van der Waals surface area contributed by atoms with Gasteiger partial charge in [0.2, 0.25) is 0 Å². The number of nitrogens with one attached hydrogen (secondary N) is 2. The summed E-state index contributed by atoms with van der Waals surface area (Å²) in [5.41, 5.74) is 7.74. The first-order valence-corrected chi connectivity index (χ1v) is 12.8. The average Bonchev–Trinajstić information content (AvgIpc) is 3.24. The van der Waals surface area contributed by atoms with Crippen molar-refractivity contribution in [1.82, 2.24) is 4.98 Å². The molecule has 10 heteroatoms. The van der Waals surface area contributed by atoms with E-state index in [2.05, 4.69) is 5.32 Å². The predicted molar refractivity (Wildman–Crippen MR) is 146 cm³/mol. The van der Waals surface area contributed by atoms with Crippen LogP contribution in [-0.2, 0) is 0 Å². The molecular weight excluding hydrogens is 522 g/mol. The number of nitrogens with two attached hydrogens (primary N) is 1. The van der Waals surface area contributed by atoms with Crippen molar-refractivity contribution in [3.05, 3.63) is 80.5 Å². The first kappa shape index (κ1) is 26.0. The Morgan fingerprint density at radius 2 is 1.89 bits per heavy atom. The lowest BCUT2D eigenvalue weighted by atomic mass is 10.0. The number of fused-ring (bicyclic) bond motifs is 1. The molecule has 6 nitrogen and oxygen atoms in total. The zero-order valence-corrected chi connectivity index (χ0v) is 22.2. The molecule has 0 fully saturated rings. The number of nitrogens with zero attached hydrogens (tertiary/aromatic N) is 1. The summed E-state index contributed by atoms with van der Waals surface area (Å²) in [4.78, 5) is 4.74. The molecule has 4 rings (SSSR count). The average molecular weight is 547 g/mol. The maximum absolute atomic E-state index is 15.9. The summed E-state index contributed by atoms with van der Waals surface area (Å²) < 4.78 is 28.2. The molecule has 0 spiro atoms. The van der Waals surface area contributed by atoms with Gasteiger partial charge in [-0.3, -0.25) is 5.41 Å². The molecule has 0 bridgehead atoms. The normalized spacial score (nSPS) is 12.1. The fourth-order valence-corrected chi connectivity index (χ4v) is 5.44. The van der Waals surface area contributed by atoms with Gasteiger partial charge in [0.05, 0.1) is 22.4 Å².